The van der Waals surface area contributed by atoms with E-state index >= 15 is 0 Å². The highest BCUT2D eigenvalue weighted by Gasteiger charge is 2.22. The molecule has 4 rings (SSSR count). The van der Waals surface area contributed by atoms with Gasteiger partial charge in [0.25, 0.3) is 11.5 Å². The number of fused-ring (bicyclic) bond motifs is 1. The summed E-state index contributed by atoms with van der Waals surface area (Å²) in [5, 5.41) is 3.92. The van der Waals surface area contributed by atoms with Gasteiger partial charge in [0.2, 0.25) is 0 Å². The van der Waals surface area contributed by atoms with Crippen LogP contribution in [0.5, 0.6) is 0 Å². The first-order chi connectivity index (χ1) is 14.0. The molecule has 2 aromatic heterocycles. The number of carbonyl (C=O) groups is 1. The van der Waals surface area contributed by atoms with Gasteiger partial charge in [0.05, 0.1) is 5.52 Å². The smallest absolute Gasteiger partial charge is 0.253 e. The molecule has 0 spiro atoms. The molecule has 0 atom stereocenters. The second-order valence-electron chi connectivity index (χ2n) is 7.91. The van der Waals surface area contributed by atoms with E-state index in [1.807, 2.05) is 25.1 Å². The molecule has 1 aliphatic carbocycles. The number of benzene rings is 1. The molecule has 0 saturated heterocycles. The number of rotatable bonds is 6. The Balaban J connectivity index is 1.62. The number of amides is 1. The van der Waals surface area contributed by atoms with Crippen LogP contribution in [0.15, 0.2) is 39.7 Å². The van der Waals surface area contributed by atoms with Gasteiger partial charge < -0.3 is 14.9 Å². The fourth-order valence-corrected chi connectivity index (χ4v) is 4.58. The maximum Gasteiger partial charge on any atom is 0.253 e. The molecule has 1 aliphatic rings. The number of nitrogens with zero attached hydrogens (tertiary/aromatic N) is 1. The average Bonchev–Trinajstić information content (AvgIpc) is 3.02. The van der Waals surface area contributed by atoms with Gasteiger partial charge in [0.15, 0.2) is 0 Å². The van der Waals surface area contributed by atoms with Crippen molar-refractivity contribution in [2.75, 3.05) is 0 Å². The third kappa shape index (κ3) is 3.90. The van der Waals surface area contributed by atoms with Crippen LogP contribution in [0.3, 0.4) is 0 Å². The van der Waals surface area contributed by atoms with E-state index in [0.717, 1.165) is 39.5 Å². The normalized spacial score (nSPS) is 14.2. The van der Waals surface area contributed by atoms with E-state index in [4.69, 9.17) is 0 Å². The van der Waals surface area contributed by atoms with Gasteiger partial charge in [-0.15, -0.1) is 0 Å². The number of pyridine rings is 1. The van der Waals surface area contributed by atoms with Crippen molar-refractivity contribution < 1.29 is 4.79 Å². The topological polar surface area (TPSA) is 66.9 Å². The minimum absolute atomic E-state index is 0.121. The van der Waals surface area contributed by atoms with Gasteiger partial charge in [-0.1, -0.05) is 29.3 Å². The molecule has 2 heterocycles. The summed E-state index contributed by atoms with van der Waals surface area (Å²) in [4.78, 5) is 28.3. The lowest BCUT2D eigenvalue weighted by atomic mass is 9.93. The molecule has 2 N–H and O–H groups in total. The Hall–Kier alpha value is -2.34. The van der Waals surface area contributed by atoms with Crippen molar-refractivity contribution in [3.63, 3.8) is 0 Å². The molecule has 0 radical (unpaired) electrons. The third-order valence-electron chi connectivity index (χ3n) is 5.82. The van der Waals surface area contributed by atoms with E-state index in [9.17, 15) is 9.59 Å². The van der Waals surface area contributed by atoms with Crippen molar-refractivity contribution in [1.82, 2.24) is 14.9 Å². The first-order valence-electron chi connectivity index (χ1n) is 10.3. The predicted molar refractivity (Wildman–Crippen MR) is 119 cm³/mol. The Morgan fingerprint density at radius 3 is 2.79 bits per heavy atom. The van der Waals surface area contributed by atoms with Crippen LogP contribution < -0.4 is 10.9 Å². The minimum atomic E-state index is -0.162. The lowest BCUT2D eigenvalue weighted by Gasteiger charge is -2.28. The molecule has 6 heteroatoms. The molecule has 5 nitrogen and oxygen atoms in total. The monoisotopic (exact) mass is 455 g/mol. The second-order valence-corrected chi connectivity index (χ2v) is 8.83. The lowest BCUT2D eigenvalue weighted by molar-refractivity contribution is 0.0952. The first-order valence-corrected chi connectivity index (χ1v) is 11.1. The molecule has 29 heavy (non-hydrogen) atoms. The maximum absolute atomic E-state index is 13.0. The van der Waals surface area contributed by atoms with Crippen molar-refractivity contribution in [2.45, 2.75) is 58.5 Å². The van der Waals surface area contributed by atoms with Crippen LogP contribution in [0, 0.1) is 6.92 Å². The number of aromatic nitrogens is 2. The molecule has 3 aromatic rings. The lowest BCUT2D eigenvalue weighted by Crippen LogP contribution is -2.28. The van der Waals surface area contributed by atoms with Crippen LogP contribution in [0.1, 0.15) is 65.8 Å². The van der Waals surface area contributed by atoms with Crippen LogP contribution in [0.2, 0.25) is 0 Å². The molecular weight excluding hydrogens is 430 g/mol. The van der Waals surface area contributed by atoms with Gasteiger partial charge in [-0.2, -0.15) is 0 Å². The average molecular weight is 456 g/mol. The van der Waals surface area contributed by atoms with Crippen molar-refractivity contribution >= 4 is 32.7 Å². The van der Waals surface area contributed by atoms with Crippen molar-refractivity contribution in [2.24, 2.45) is 0 Å². The van der Waals surface area contributed by atoms with Gasteiger partial charge in [0, 0.05) is 45.5 Å². The van der Waals surface area contributed by atoms with Gasteiger partial charge in [-0.25, -0.2) is 0 Å². The van der Waals surface area contributed by atoms with Crippen LogP contribution in [0.25, 0.3) is 10.9 Å². The number of aryl methyl sites for hydroxylation is 2. The number of halogens is 1. The van der Waals surface area contributed by atoms with Gasteiger partial charge >= 0.3 is 0 Å². The molecule has 1 fully saturated rings. The largest absolute Gasteiger partial charge is 0.348 e. The minimum Gasteiger partial charge on any atom is -0.348 e. The predicted octanol–water partition coefficient (Wildman–Crippen LogP) is 5.01. The molecule has 152 valence electrons. The van der Waals surface area contributed by atoms with Gasteiger partial charge in [-0.05, 0) is 62.4 Å². The van der Waals surface area contributed by atoms with Crippen molar-refractivity contribution in [1.29, 1.82) is 0 Å². The Morgan fingerprint density at radius 1 is 1.31 bits per heavy atom. The SMILES string of the molecule is CCCc1cc(C)[nH]c(=O)c1CNC(=O)c1cc(Br)cc2c1ccn2C1CCC1. The number of hydrogen-bond acceptors (Lipinski definition) is 2. The van der Waals surface area contributed by atoms with E-state index in [1.165, 1.54) is 19.3 Å². The number of nitrogens with one attached hydrogen (secondary N) is 2. The summed E-state index contributed by atoms with van der Waals surface area (Å²) >= 11 is 3.56. The highest BCUT2D eigenvalue weighted by molar-refractivity contribution is 9.10. The fourth-order valence-electron chi connectivity index (χ4n) is 4.13. The van der Waals surface area contributed by atoms with Crippen molar-refractivity contribution in [3.8, 4) is 0 Å². The Bertz CT molecular complexity index is 1130. The zero-order valence-electron chi connectivity index (χ0n) is 16.8. The number of carbonyl (C=O) groups excluding carboxylic acids is 1. The molecule has 1 amide bonds. The summed E-state index contributed by atoms with van der Waals surface area (Å²) in [6, 6.07) is 8.49. The number of aromatic amines is 1. The van der Waals surface area contributed by atoms with E-state index in [1.54, 1.807) is 0 Å². The van der Waals surface area contributed by atoms with E-state index in [0.29, 0.717) is 17.2 Å². The summed E-state index contributed by atoms with van der Waals surface area (Å²) in [7, 11) is 0. The molecule has 1 aromatic carbocycles. The summed E-state index contributed by atoms with van der Waals surface area (Å²) in [5.74, 6) is -0.162. The third-order valence-corrected chi connectivity index (χ3v) is 6.28. The van der Waals surface area contributed by atoms with E-state index in [2.05, 4.69) is 50.0 Å². The summed E-state index contributed by atoms with van der Waals surface area (Å²) in [5.41, 5.74) is 4.08. The van der Waals surface area contributed by atoms with Gasteiger partial charge in [-0.3, -0.25) is 9.59 Å². The van der Waals surface area contributed by atoms with Gasteiger partial charge in [0.1, 0.15) is 0 Å². The zero-order chi connectivity index (χ0) is 20.5. The quantitative estimate of drug-likeness (QED) is 0.548. The van der Waals surface area contributed by atoms with E-state index < -0.39 is 0 Å². The van der Waals surface area contributed by atoms with E-state index in [-0.39, 0.29) is 18.0 Å². The van der Waals surface area contributed by atoms with Crippen molar-refractivity contribution in [3.05, 3.63) is 67.7 Å². The summed E-state index contributed by atoms with van der Waals surface area (Å²) in [6.45, 7) is 4.19. The standard InChI is InChI=1S/C23H26BrN3O2/c1-3-5-15-10-14(2)26-23(29)20(15)13-25-22(28)19-11-16(24)12-21-18(19)8-9-27(21)17-6-4-7-17/h8-12,17H,3-7,13H2,1-2H3,(H,25,28)(H,26,29). The fraction of sp³-hybridized carbons (Fsp3) is 0.391. The summed E-state index contributed by atoms with van der Waals surface area (Å²) in [6.07, 6.45) is 7.49. The molecule has 0 unspecified atom stereocenters. The summed E-state index contributed by atoms with van der Waals surface area (Å²) < 4.78 is 3.17. The highest BCUT2D eigenvalue weighted by atomic mass is 79.9. The Morgan fingerprint density at radius 2 is 2.10 bits per heavy atom. The number of hydrogen-bond donors (Lipinski definition) is 2. The molecular formula is C23H26BrN3O2. The second kappa shape index (κ2) is 8.19. The first kappa shape index (κ1) is 20.0. The molecule has 0 bridgehead atoms. The maximum atomic E-state index is 13.0. The number of H-pyrrole nitrogens is 1. The molecule has 0 aliphatic heterocycles. The van der Waals surface area contributed by atoms with Crippen LogP contribution >= 0.6 is 15.9 Å². The van der Waals surface area contributed by atoms with Crippen LogP contribution in [-0.2, 0) is 13.0 Å². The van der Waals surface area contributed by atoms with Crippen LogP contribution in [-0.4, -0.2) is 15.5 Å². The Kier molecular flexibility index (Phi) is 5.63. The zero-order valence-corrected chi connectivity index (χ0v) is 18.4. The van der Waals surface area contributed by atoms with Crippen LogP contribution in [0.4, 0.5) is 0 Å². The highest BCUT2D eigenvalue weighted by Crippen LogP contribution is 2.36. The Labute approximate surface area is 178 Å². The molecule has 1 saturated carbocycles.